The molecule has 1 N–H and O–H groups in total. The van der Waals surface area contributed by atoms with Gasteiger partial charge in [-0.05, 0) is 12.1 Å². The van der Waals surface area contributed by atoms with Crippen LogP contribution in [0, 0.1) is 0 Å². The Morgan fingerprint density at radius 1 is 1.36 bits per heavy atom. The van der Waals surface area contributed by atoms with E-state index in [-0.39, 0.29) is 0 Å². The minimum atomic E-state index is -1.94. The molecule has 0 aliphatic carbocycles. The Balaban J connectivity index is 2.57. The standard InChI is InChI=1S/C7H7O3P/c8-6-11(9)10-7-4-2-1-3-5-7/h1-6,9H. The van der Waals surface area contributed by atoms with Crippen LogP contribution < -0.4 is 4.52 Å². The maximum Gasteiger partial charge on any atom is 0.297 e. The summed E-state index contributed by atoms with van der Waals surface area (Å²) in [6.45, 7) is 0. The second-order valence-electron chi connectivity index (χ2n) is 1.81. The van der Waals surface area contributed by atoms with E-state index in [1.54, 1.807) is 24.3 Å². The molecule has 58 valence electrons. The third-order valence-electron chi connectivity index (χ3n) is 1.03. The van der Waals surface area contributed by atoms with Gasteiger partial charge in [-0.2, -0.15) is 0 Å². The molecule has 0 heterocycles. The number of carbonyl (C=O) groups excluding carboxylic acids is 1. The van der Waals surface area contributed by atoms with Gasteiger partial charge >= 0.3 is 0 Å². The van der Waals surface area contributed by atoms with E-state index < -0.39 is 8.38 Å². The summed E-state index contributed by atoms with van der Waals surface area (Å²) in [4.78, 5) is 18.7. The van der Waals surface area contributed by atoms with Gasteiger partial charge < -0.3 is 9.42 Å². The molecule has 1 unspecified atom stereocenters. The molecule has 0 saturated carbocycles. The zero-order valence-electron chi connectivity index (χ0n) is 5.68. The van der Waals surface area contributed by atoms with Crippen molar-refractivity contribution in [1.29, 1.82) is 0 Å². The Kier molecular flexibility index (Phi) is 3.02. The van der Waals surface area contributed by atoms with Gasteiger partial charge in [0.2, 0.25) is 6.03 Å². The number of hydrogen-bond donors (Lipinski definition) is 1. The SMILES string of the molecule is O=CP(O)Oc1ccccc1. The van der Waals surface area contributed by atoms with Crippen LogP contribution in [0.25, 0.3) is 0 Å². The fraction of sp³-hybridized carbons (Fsp3) is 0. The summed E-state index contributed by atoms with van der Waals surface area (Å²) in [5, 5.41) is 0. The minimum Gasteiger partial charge on any atom is -0.442 e. The molecule has 0 aliphatic rings. The smallest absolute Gasteiger partial charge is 0.297 e. The van der Waals surface area contributed by atoms with Gasteiger partial charge in [-0.25, -0.2) is 0 Å². The minimum absolute atomic E-state index is 0.391. The van der Waals surface area contributed by atoms with Crippen molar-refractivity contribution in [3.8, 4) is 5.75 Å². The van der Waals surface area contributed by atoms with Crippen LogP contribution in [0.4, 0.5) is 0 Å². The molecule has 0 bridgehead atoms. The van der Waals surface area contributed by atoms with Gasteiger partial charge in [0, 0.05) is 0 Å². The molecule has 0 aliphatic heterocycles. The fourth-order valence-corrected chi connectivity index (χ4v) is 0.992. The van der Waals surface area contributed by atoms with E-state index in [4.69, 9.17) is 9.42 Å². The quantitative estimate of drug-likeness (QED) is 0.553. The highest BCUT2D eigenvalue weighted by molar-refractivity contribution is 7.62. The zero-order chi connectivity index (χ0) is 8.10. The van der Waals surface area contributed by atoms with Crippen molar-refractivity contribution in [2.75, 3.05) is 0 Å². The van der Waals surface area contributed by atoms with E-state index in [0.29, 0.717) is 11.8 Å². The molecule has 1 atom stereocenters. The molecule has 0 radical (unpaired) electrons. The molecule has 0 amide bonds. The van der Waals surface area contributed by atoms with Crippen molar-refractivity contribution < 1.29 is 14.2 Å². The Hall–Kier alpha value is -0.920. The molecule has 0 saturated heterocycles. The van der Waals surface area contributed by atoms with Crippen molar-refractivity contribution >= 4 is 14.4 Å². The summed E-state index contributed by atoms with van der Waals surface area (Å²) in [5.74, 6) is 0.508. The Morgan fingerprint density at radius 2 is 2.00 bits per heavy atom. The monoisotopic (exact) mass is 170 g/mol. The average molecular weight is 170 g/mol. The van der Waals surface area contributed by atoms with Gasteiger partial charge in [-0.15, -0.1) is 0 Å². The first-order valence-electron chi connectivity index (χ1n) is 2.99. The van der Waals surface area contributed by atoms with Crippen LogP contribution in [0.2, 0.25) is 0 Å². The summed E-state index contributed by atoms with van der Waals surface area (Å²) in [6, 6.07) is 9.10. The second kappa shape index (κ2) is 4.06. The first-order valence-corrected chi connectivity index (χ1v) is 4.27. The van der Waals surface area contributed by atoms with Crippen LogP contribution >= 0.6 is 8.38 Å². The molecule has 4 heteroatoms. The molecule has 0 fully saturated rings. The summed E-state index contributed by atoms with van der Waals surface area (Å²) in [6.07, 6.45) is 0. The van der Waals surface area contributed by atoms with Crippen LogP contribution in [0.5, 0.6) is 5.75 Å². The number of carbonyl (C=O) groups is 1. The number of rotatable bonds is 3. The van der Waals surface area contributed by atoms with Crippen molar-refractivity contribution in [1.82, 2.24) is 0 Å². The largest absolute Gasteiger partial charge is 0.442 e. The molecule has 1 rings (SSSR count). The zero-order valence-corrected chi connectivity index (χ0v) is 6.57. The van der Waals surface area contributed by atoms with Gasteiger partial charge in [0.25, 0.3) is 8.38 Å². The summed E-state index contributed by atoms with van der Waals surface area (Å²) < 4.78 is 4.82. The molecular weight excluding hydrogens is 163 g/mol. The summed E-state index contributed by atoms with van der Waals surface area (Å²) >= 11 is 0. The highest BCUT2D eigenvalue weighted by Gasteiger charge is 2.02. The first-order chi connectivity index (χ1) is 5.33. The van der Waals surface area contributed by atoms with Crippen LogP contribution in [-0.4, -0.2) is 10.9 Å². The maximum absolute atomic E-state index is 9.96. The van der Waals surface area contributed by atoms with E-state index >= 15 is 0 Å². The lowest BCUT2D eigenvalue weighted by atomic mass is 10.3. The predicted octanol–water partition coefficient (Wildman–Crippen LogP) is 1.56. The molecule has 0 spiro atoms. The summed E-state index contributed by atoms with van der Waals surface area (Å²) in [7, 11) is -1.94. The van der Waals surface area contributed by atoms with Crippen LogP contribution in [0.3, 0.4) is 0 Å². The van der Waals surface area contributed by atoms with Gasteiger partial charge in [0.15, 0.2) is 0 Å². The van der Waals surface area contributed by atoms with E-state index in [9.17, 15) is 4.79 Å². The van der Waals surface area contributed by atoms with Crippen molar-refractivity contribution in [3.05, 3.63) is 30.3 Å². The van der Waals surface area contributed by atoms with E-state index in [1.165, 1.54) is 0 Å². The molecule has 11 heavy (non-hydrogen) atoms. The normalized spacial score (nSPS) is 12.1. The Labute approximate surface area is 65.5 Å². The molecular formula is C7H7O3P. The van der Waals surface area contributed by atoms with Gasteiger partial charge in [0.05, 0.1) is 0 Å². The third kappa shape index (κ3) is 2.66. The lowest BCUT2D eigenvalue weighted by Crippen LogP contribution is -1.85. The van der Waals surface area contributed by atoms with Crippen LogP contribution in [0.1, 0.15) is 0 Å². The topological polar surface area (TPSA) is 46.5 Å². The van der Waals surface area contributed by atoms with Crippen LogP contribution in [0.15, 0.2) is 30.3 Å². The molecule has 0 aromatic heterocycles. The highest BCUT2D eigenvalue weighted by atomic mass is 31.2. The van der Waals surface area contributed by atoms with E-state index in [2.05, 4.69) is 0 Å². The maximum atomic E-state index is 9.96. The van der Waals surface area contributed by atoms with Gasteiger partial charge in [0.1, 0.15) is 5.75 Å². The van der Waals surface area contributed by atoms with Gasteiger partial charge in [-0.3, -0.25) is 4.79 Å². The van der Waals surface area contributed by atoms with Crippen LogP contribution in [-0.2, 0) is 4.79 Å². The molecule has 3 nitrogen and oxygen atoms in total. The summed E-state index contributed by atoms with van der Waals surface area (Å²) in [5.41, 5.74) is 0. The molecule has 1 aromatic carbocycles. The van der Waals surface area contributed by atoms with Crippen molar-refractivity contribution in [2.24, 2.45) is 0 Å². The number of benzene rings is 1. The van der Waals surface area contributed by atoms with Crippen molar-refractivity contribution in [2.45, 2.75) is 0 Å². The Bertz CT molecular complexity index is 224. The van der Waals surface area contributed by atoms with Crippen molar-refractivity contribution in [3.63, 3.8) is 0 Å². The van der Waals surface area contributed by atoms with Gasteiger partial charge in [-0.1, -0.05) is 18.2 Å². The number of hydrogen-bond acceptors (Lipinski definition) is 3. The van der Waals surface area contributed by atoms with E-state index in [1.807, 2.05) is 6.07 Å². The molecule has 1 aromatic rings. The first kappa shape index (κ1) is 8.18. The Morgan fingerprint density at radius 3 is 2.55 bits per heavy atom. The highest BCUT2D eigenvalue weighted by Crippen LogP contribution is 2.29. The third-order valence-corrected chi connectivity index (χ3v) is 1.61. The fourth-order valence-electron chi connectivity index (χ4n) is 0.611. The predicted molar refractivity (Wildman–Crippen MR) is 43.0 cm³/mol. The number of para-hydroxylation sites is 1. The second-order valence-corrected chi connectivity index (χ2v) is 2.81. The lowest BCUT2D eigenvalue weighted by Gasteiger charge is -2.03. The lowest BCUT2D eigenvalue weighted by molar-refractivity contribution is 0.490. The average Bonchev–Trinajstić information content (AvgIpc) is 2.06. The van der Waals surface area contributed by atoms with E-state index in [0.717, 1.165) is 0 Å².